The summed E-state index contributed by atoms with van der Waals surface area (Å²) >= 11 is 0. The Morgan fingerprint density at radius 2 is 1.14 bits per heavy atom. The van der Waals surface area contributed by atoms with E-state index in [4.69, 9.17) is 9.47 Å². The van der Waals surface area contributed by atoms with Gasteiger partial charge < -0.3 is 20.1 Å². The minimum absolute atomic E-state index is 0.0472. The zero-order valence-electron chi connectivity index (χ0n) is 25.6. The van der Waals surface area contributed by atoms with Gasteiger partial charge in [-0.2, -0.15) is 0 Å². The van der Waals surface area contributed by atoms with Crippen LogP contribution in [0.1, 0.15) is 85.7 Å². The Hall–Kier alpha value is -4.20. The average Bonchev–Trinajstić information content (AvgIpc) is 3.01. The Balaban J connectivity index is 1.35. The first-order valence-corrected chi connectivity index (χ1v) is 15.2. The number of fused-ring (bicyclic) bond motifs is 2. The molecule has 2 aromatic rings. The van der Waals surface area contributed by atoms with Gasteiger partial charge >= 0.3 is 11.9 Å². The molecule has 228 valence electrons. The first-order valence-electron chi connectivity index (χ1n) is 15.2. The summed E-state index contributed by atoms with van der Waals surface area (Å²) in [5.74, 6) is -1.00. The number of carbonyl (C=O) groups excluding carboxylic acids is 4. The zero-order valence-corrected chi connectivity index (χ0v) is 25.6. The van der Waals surface area contributed by atoms with Gasteiger partial charge in [0.15, 0.2) is 0 Å². The van der Waals surface area contributed by atoms with E-state index in [-0.39, 0.29) is 54.9 Å². The minimum atomic E-state index is -0.475. The molecule has 0 saturated carbocycles. The molecule has 2 amide bonds. The van der Waals surface area contributed by atoms with E-state index in [1.165, 1.54) is 12.2 Å². The van der Waals surface area contributed by atoms with Crippen molar-refractivity contribution in [1.82, 2.24) is 10.6 Å². The maximum Gasteiger partial charge on any atom is 0.331 e. The van der Waals surface area contributed by atoms with Crippen LogP contribution in [-0.2, 0) is 19.1 Å². The molecule has 0 spiro atoms. The highest BCUT2D eigenvalue weighted by molar-refractivity contribution is 6.07. The number of nitrogens with one attached hydrogen (secondary N) is 2. The third kappa shape index (κ3) is 7.42. The smallest absolute Gasteiger partial charge is 0.331 e. The summed E-state index contributed by atoms with van der Waals surface area (Å²) in [4.78, 5) is 51.0. The molecular formula is C35H42N2O6. The fourth-order valence-electron chi connectivity index (χ4n) is 5.50. The normalized spacial score (nSPS) is 21.6. The van der Waals surface area contributed by atoms with E-state index in [2.05, 4.69) is 10.6 Å². The Labute approximate surface area is 253 Å². The molecule has 2 N–H and O–H groups in total. The van der Waals surface area contributed by atoms with E-state index in [1.54, 1.807) is 24.3 Å². The third-order valence-electron chi connectivity index (χ3n) is 8.55. The van der Waals surface area contributed by atoms with Crippen LogP contribution < -0.4 is 10.6 Å². The summed E-state index contributed by atoms with van der Waals surface area (Å²) in [6.45, 7) is 10.5. The Bertz CT molecular complexity index is 1430. The van der Waals surface area contributed by atoms with Gasteiger partial charge in [0, 0.05) is 23.3 Å². The van der Waals surface area contributed by atoms with Gasteiger partial charge in [0.2, 0.25) is 0 Å². The van der Waals surface area contributed by atoms with Gasteiger partial charge in [-0.1, -0.05) is 83.9 Å². The van der Waals surface area contributed by atoms with Gasteiger partial charge in [-0.3, -0.25) is 9.59 Å². The van der Waals surface area contributed by atoms with Gasteiger partial charge in [0.1, 0.15) is 0 Å². The van der Waals surface area contributed by atoms with E-state index < -0.39 is 11.9 Å². The summed E-state index contributed by atoms with van der Waals surface area (Å²) in [6.07, 6.45) is 5.16. The molecule has 0 radical (unpaired) electrons. The molecule has 2 unspecified atom stereocenters. The molecule has 0 saturated heterocycles. The van der Waals surface area contributed by atoms with Crippen molar-refractivity contribution >= 4 is 34.9 Å². The zero-order chi connectivity index (χ0) is 31.1. The molecule has 0 bridgehead atoms. The summed E-state index contributed by atoms with van der Waals surface area (Å²) < 4.78 is 11.1. The molecule has 0 aliphatic carbocycles. The van der Waals surface area contributed by atoms with Crippen molar-refractivity contribution in [2.75, 3.05) is 13.2 Å². The molecule has 2 aromatic carbocycles. The fraction of sp³-hybridized carbons (Fsp3) is 0.429. The molecule has 2 aliphatic rings. The SMILES string of the molecule is CC[C@@H](C)C1NC(=O)c2ccccc2/C1=C/C(=O)OCCC(C)COC(=O)/C=C1/c2ccccc2C(=O)N[C@H]1[C@@H](C)CC. The molecule has 2 aliphatic heterocycles. The highest BCUT2D eigenvalue weighted by Gasteiger charge is 2.33. The van der Waals surface area contributed by atoms with Crippen LogP contribution in [0, 0.1) is 17.8 Å². The predicted octanol–water partition coefficient (Wildman–Crippen LogP) is 5.58. The third-order valence-corrected chi connectivity index (χ3v) is 8.55. The summed E-state index contributed by atoms with van der Waals surface area (Å²) in [5, 5.41) is 6.08. The topological polar surface area (TPSA) is 111 Å². The predicted molar refractivity (Wildman–Crippen MR) is 166 cm³/mol. The Morgan fingerprint density at radius 3 is 1.58 bits per heavy atom. The lowest BCUT2D eigenvalue weighted by molar-refractivity contribution is -0.141. The van der Waals surface area contributed by atoms with E-state index in [0.717, 1.165) is 35.1 Å². The summed E-state index contributed by atoms with van der Waals surface area (Å²) in [7, 11) is 0. The van der Waals surface area contributed by atoms with Gasteiger partial charge in [0.25, 0.3) is 11.8 Å². The van der Waals surface area contributed by atoms with E-state index >= 15 is 0 Å². The molecule has 0 aromatic heterocycles. The lowest BCUT2D eigenvalue weighted by Crippen LogP contribution is -2.44. The highest BCUT2D eigenvalue weighted by Crippen LogP contribution is 2.33. The first kappa shape index (κ1) is 31.7. The van der Waals surface area contributed by atoms with Crippen LogP contribution in [0.25, 0.3) is 11.1 Å². The lowest BCUT2D eigenvalue weighted by atomic mass is 9.82. The number of ether oxygens (including phenoxy) is 2. The molecular weight excluding hydrogens is 544 g/mol. The largest absolute Gasteiger partial charge is 0.463 e. The molecule has 8 nitrogen and oxygen atoms in total. The van der Waals surface area contributed by atoms with E-state index in [0.29, 0.717) is 17.5 Å². The standard InChI is InChI=1S/C35H42N2O6/c1-6-22(4)32-28(24-12-8-10-14-26(24)34(40)36-32)18-30(38)42-17-16-21(3)20-43-31(39)19-29-25-13-9-11-15-27(25)35(41)37-33(29)23(5)7-2/h8-15,18-19,21-23,32-33H,6-7,16-17,20H2,1-5H3,(H,36,40)(H,37,41)/b28-18-,29-19-/t21?,22-,23+,32?,33+/m1/s1. The minimum Gasteiger partial charge on any atom is -0.463 e. The maximum absolute atomic E-state index is 12.9. The van der Waals surface area contributed by atoms with Gasteiger partial charge in [0.05, 0.1) is 25.3 Å². The quantitative estimate of drug-likeness (QED) is 0.263. The van der Waals surface area contributed by atoms with Gasteiger partial charge in [-0.05, 0) is 58.6 Å². The van der Waals surface area contributed by atoms with Crippen molar-refractivity contribution in [2.24, 2.45) is 17.8 Å². The molecule has 5 atom stereocenters. The maximum atomic E-state index is 12.9. The van der Waals surface area contributed by atoms with Crippen molar-refractivity contribution in [3.05, 3.63) is 82.9 Å². The summed E-state index contributed by atoms with van der Waals surface area (Å²) in [5.41, 5.74) is 4.08. The van der Waals surface area contributed by atoms with Crippen LogP contribution in [0.15, 0.2) is 60.7 Å². The number of hydrogen-bond donors (Lipinski definition) is 2. The number of esters is 2. The highest BCUT2D eigenvalue weighted by atomic mass is 16.5. The molecule has 43 heavy (non-hydrogen) atoms. The van der Waals surface area contributed by atoms with E-state index in [9.17, 15) is 19.2 Å². The van der Waals surface area contributed by atoms with Crippen LogP contribution >= 0.6 is 0 Å². The second-order valence-electron chi connectivity index (χ2n) is 11.7. The van der Waals surface area contributed by atoms with Crippen molar-refractivity contribution in [2.45, 2.75) is 66.0 Å². The van der Waals surface area contributed by atoms with Gasteiger partial charge in [-0.15, -0.1) is 0 Å². The fourth-order valence-corrected chi connectivity index (χ4v) is 5.50. The average molecular weight is 587 g/mol. The van der Waals surface area contributed by atoms with Gasteiger partial charge in [-0.25, -0.2) is 9.59 Å². The Morgan fingerprint density at radius 1 is 0.721 bits per heavy atom. The number of carbonyl (C=O) groups is 4. The first-order chi connectivity index (χ1) is 20.6. The second kappa shape index (κ2) is 14.3. The van der Waals surface area contributed by atoms with E-state index in [1.807, 2.05) is 58.9 Å². The molecule has 8 heteroatoms. The monoisotopic (exact) mass is 586 g/mol. The molecule has 4 rings (SSSR count). The van der Waals surface area contributed by atoms with Crippen LogP contribution in [0.2, 0.25) is 0 Å². The Kier molecular flexibility index (Phi) is 10.6. The van der Waals surface area contributed by atoms with Crippen LogP contribution in [0.3, 0.4) is 0 Å². The van der Waals surface area contributed by atoms with Crippen LogP contribution in [0.5, 0.6) is 0 Å². The van der Waals surface area contributed by atoms with Crippen molar-refractivity contribution in [1.29, 1.82) is 0 Å². The lowest BCUT2D eigenvalue weighted by Gasteiger charge is -2.32. The number of hydrogen-bond acceptors (Lipinski definition) is 6. The number of amides is 2. The van der Waals surface area contributed by atoms with Crippen molar-refractivity contribution < 1.29 is 28.7 Å². The molecule has 2 heterocycles. The van der Waals surface area contributed by atoms with Crippen molar-refractivity contribution in [3.63, 3.8) is 0 Å². The van der Waals surface area contributed by atoms with Crippen molar-refractivity contribution in [3.8, 4) is 0 Å². The summed E-state index contributed by atoms with van der Waals surface area (Å²) in [6, 6.07) is 14.0. The second-order valence-corrected chi connectivity index (χ2v) is 11.7. The number of benzene rings is 2. The molecule has 0 fully saturated rings. The van der Waals surface area contributed by atoms with Crippen LogP contribution in [0.4, 0.5) is 0 Å². The van der Waals surface area contributed by atoms with Crippen LogP contribution in [-0.4, -0.2) is 49.1 Å². The number of rotatable bonds is 11.